The molecule has 12 heteroatoms. The van der Waals surface area contributed by atoms with Crippen molar-refractivity contribution in [3.05, 3.63) is 10.6 Å². The summed E-state index contributed by atoms with van der Waals surface area (Å²) in [6, 6.07) is -0.776. The average molecular weight is 535 g/mol. The number of nitrogens with one attached hydrogen (secondary N) is 3. The lowest BCUT2D eigenvalue weighted by Gasteiger charge is -2.47. The predicted molar refractivity (Wildman–Crippen MR) is 138 cm³/mol. The SMILES string of the molecule is C[C@@H](NC(=O)CC1CCCN1)[C@H]1C(=O)N2C(C(=O)O)=C(S[C@@H]3CN[C@H](C(=O)N4CC[C@H](N)C4)C3)[C@H](C)[C@H]12. The van der Waals surface area contributed by atoms with Crippen LogP contribution in [-0.2, 0) is 19.2 Å². The first-order chi connectivity index (χ1) is 17.7. The summed E-state index contributed by atoms with van der Waals surface area (Å²) in [5.74, 6) is -2.02. The number of fused-ring (bicyclic) bond motifs is 1. The fourth-order valence-corrected chi connectivity index (χ4v) is 8.10. The number of likely N-dealkylation sites (tertiary alicyclic amines) is 1. The Morgan fingerprint density at radius 3 is 2.70 bits per heavy atom. The molecule has 0 aliphatic carbocycles. The van der Waals surface area contributed by atoms with Crippen LogP contribution in [0.1, 0.15) is 46.0 Å². The van der Waals surface area contributed by atoms with E-state index in [1.54, 1.807) is 0 Å². The molecule has 3 amide bonds. The van der Waals surface area contributed by atoms with E-state index in [4.69, 9.17) is 5.73 Å². The lowest BCUT2D eigenvalue weighted by atomic mass is 9.78. The molecule has 5 aliphatic rings. The standard InChI is InChI=1S/C25H38N6O5S/c1-12-20-19(13(2)29-18(32)8-15-4-3-6-27-15)24(34)31(20)21(25(35)36)22(12)37-16-9-17(28-10-16)23(33)30-7-5-14(26)11-30/h12-17,19-20,27-28H,3-11,26H2,1-2H3,(H,29,32)(H,35,36)/t12-,13-,14+,15?,16+,17+,19-,20-/m1/s1. The first-order valence-corrected chi connectivity index (χ1v) is 14.3. The predicted octanol–water partition coefficient (Wildman–Crippen LogP) is -0.571. The number of rotatable bonds is 8. The molecule has 5 rings (SSSR count). The van der Waals surface area contributed by atoms with Gasteiger partial charge in [-0.25, -0.2) is 4.79 Å². The zero-order valence-electron chi connectivity index (χ0n) is 21.4. The van der Waals surface area contributed by atoms with Gasteiger partial charge in [0.15, 0.2) is 0 Å². The molecular formula is C25H38N6O5S. The molecule has 0 radical (unpaired) electrons. The molecule has 204 valence electrons. The van der Waals surface area contributed by atoms with Crippen LogP contribution in [-0.4, -0.2) is 100 Å². The molecule has 0 aromatic heterocycles. The number of nitrogens with two attached hydrogens (primary N) is 1. The topological polar surface area (TPSA) is 157 Å². The van der Waals surface area contributed by atoms with Crippen molar-refractivity contribution >= 4 is 35.5 Å². The maximum absolute atomic E-state index is 13.2. The van der Waals surface area contributed by atoms with Crippen LogP contribution >= 0.6 is 11.8 Å². The van der Waals surface area contributed by atoms with Crippen LogP contribution in [0.3, 0.4) is 0 Å². The van der Waals surface area contributed by atoms with Gasteiger partial charge in [0.05, 0.1) is 18.0 Å². The number of hydrogen-bond acceptors (Lipinski definition) is 8. The molecule has 11 nitrogen and oxygen atoms in total. The van der Waals surface area contributed by atoms with Gasteiger partial charge in [-0.3, -0.25) is 14.4 Å². The Bertz CT molecular complexity index is 1000. The van der Waals surface area contributed by atoms with Crippen molar-refractivity contribution in [2.45, 2.75) is 81.4 Å². The van der Waals surface area contributed by atoms with Crippen molar-refractivity contribution in [3.63, 3.8) is 0 Å². The van der Waals surface area contributed by atoms with E-state index in [-0.39, 0.29) is 64.8 Å². The van der Waals surface area contributed by atoms with Gasteiger partial charge in [-0.15, -0.1) is 11.8 Å². The zero-order valence-corrected chi connectivity index (χ0v) is 22.3. The summed E-state index contributed by atoms with van der Waals surface area (Å²) in [7, 11) is 0. The number of β-lactam (4-membered cyclic amide) rings is 1. The van der Waals surface area contributed by atoms with Crippen LogP contribution in [0.2, 0.25) is 0 Å². The van der Waals surface area contributed by atoms with Crippen LogP contribution in [0, 0.1) is 11.8 Å². The molecule has 0 saturated carbocycles. The molecular weight excluding hydrogens is 496 g/mol. The van der Waals surface area contributed by atoms with Gasteiger partial charge < -0.3 is 36.6 Å². The van der Waals surface area contributed by atoms with Gasteiger partial charge in [0.2, 0.25) is 17.7 Å². The Balaban J connectivity index is 1.22. The molecule has 4 saturated heterocycles. The third kappa shape index (κ3) is 5.00. The lowest BCUT2D eigenvalue weighted by Crippen LogP contribution is -2.66. The monoisotopic (exact) mass is 534 g/mol. The molecule has 5 aliphatic heterocycles. The number of hydrogen-bond donors (Lipinski definition) is 5. The minimum atomic E-state index is -1.11. The van der Waals surface area contributed by atoms with E-state index in [2.05, 4.69) is 16.0 Å². The van der Waals surface area contributed by atoms with E-state index in [1.807, 2.05) is 18.7 Å². The zero-order chi connectivity index (χ0) is 26.4. The van der Waals surface area contributed by atoms with Crippen LogP contribution in [0.4, 0.5) is 0 Å². The smallest absolute Gasteiger partial charge is 0.353 e. The summed E-state index contributed by atoms with van der Waals surface area (Å²) in [5, 5.41) is 19.7. The minimum Gasteiger partial charge on any atom is -0.477 e. The Labute approximate surface area is 221 Å². The number of aliphatic carboxylic acids is 1. The third-order valence-corrected chi connectivity index (χ3v) is 10.0. The summed E-state index contributed by atoms with van der Waals surface area (Å²) in [4.78, 5) is 54.8. The quantitative estimate of drug-likeness (QED) is 0.257. The molecule has 37 heavy (non-hydrogen) atoms. The molecule has 8 atom stereocenters. The van der Waals surface area contributed by atoms with Crippen molar-refractivity contribution in [3.8, 4) is 0 Å². The Morgan fingerprint density at radius 2 is 2.05 bits per heavy atom. The largest absolute Gasteiger partial charge is 0.477 e. The van der Waals surface area contributed by atoms with Gasteiger partial charge in [0.1, 0.15) is 5.70 Å². The first-order valence-electron chi connectivity index (χ1n) is 13.4. The highest BCUT2D eigenvalue weighted by molar-refractivity contribution is 8.03. The number of nitrogens with zero attached hydrogens (tertiary/aromatic N) is 2. The molecule has 0 aromatic rings. The third-order valence-electron chi connectivity index (χ3n) is 8.53. The van der Waals surface area contributed by atoms with Gasteiger partial charge in [-0.2, -0.15) is 0 Å². The fourth-order valence-electron chi connectivity index (χ4n) is 6.62. The number of carboxylic acid groups (broad SMARTS) is 1. The normalized spacial score (nSPS) is 36.1. The Hall–Kier alpha value is -2.15. The lowest BCUT2D eigenvalue weighted by molar-refractivity contribution is -0.158. The molecule has 0 spiro atoms. The second-order valence-corrected chi connectivity index (χ2v) is 12.5. The molecule has 4 fully saturated rings. The first kappa shape index (κ1) is 26.5. The highest BCUT2D eigenvalue weighted by atomic mass is 32.2. The summed E-state index contributed by atoms with van der Waals surface area (Å²) < 4.78 is 0. The van der Waals surface area contributed by atoms with Crippen LogP contribution < -0.4 is 21.7 Å². The van der Waals surface area contributed by atoms with E-state index in [0.29, 0.717) is 37.4 Å². The second-order valence-electron chi connectivity index (χ2n) is 11.2. The van der Waals surface area contributed by atoms with Crippen molar-refractivity contribution in [2.75, 3.05) is 26.2 Å². The molecule has 5 heterocycles. The number of carboxylic acids is 1. The number of carbonyl (C=O) groups excluding carboxylic acids is 3. The van der Waals surface area contributed by atoms with E-state index >= 15 is 0 Å². The Kier molecular flexibility index (Phi) is 7.54. The van der Waals surface area contributed by atoms with Gasteiger partial charge in [-0.1, -0.05) is 6.92 Å². The maximum Gasteiger partial charge on any atom is 0.353 e. The number of thioether (sulfide) groups is 1. The van der Waals surface area contributed by atoms with Crippen molar-refractivity contribution in [1.82, 2.24) is 25.8 Å². The molecule has 1 unspecified atom stereocenters. The number of amides is 3. The molecule has 6 N–H and O–H groups in total. The molecule has 0 bridgehead atoms. The van der Waals surface area contributed by atoms with Gasteiger partial charge in [0, 0.05) is 60.3 Å². The average Bonchev–Trinajstić information content (AvgIpc) is 3.63. The van der Waals surface area contributed by atoms with E-state index in [0.717, 1.165) is 25.8 Å². The fraction of sp³-hybridized carbons (Fsp3) is 0.760. The second kappa shape index (κ2) is 10.5. The van der Waals surface area contributed by atoms with Crippen LogP contribution in [0.15, 0.2) is 10.6 Å². The van der Waals surface area contributed by atoms with E-state index in [1.165, 1.54) is 16.7 Å². The van der Waals surface area contributed by atoms with Crippen LogP contribution in [0.5, 0.6) is 0 Å². The van der Waals surface area contributed by atoms with Gasteiger partial charge in [0.25, 0.3) is 0 Å². The van der Waals surface area contributed by atoms with Crippen molar-refractivity contribution in [1.29, 1.82) is 0 Å². The molecule has 0 aromatic carbocycles. The van der Waals surface area contributed by atoms with Gasteiger partial charge in [-0.05, 0) is 39.2 Å². The van der Waals surface area contributed by atoms with E-state index < -0.39 is 11.9 Å². The minimum absolute atomic E-state index is 0.0275. The summed E-state index contributed by atoms with van der Waals surface area (Å²) in [6.07, 6.45) is 3.82. The number of carbonyl (C=O) groups is 4. The summed E-state index contributed by atoms with van der Waals surface area (Å²) >= 11 is 1.47. The highest BCUT2D eigenvalue weighted by Crippen LogP contribution is 2.51. The highest BCUT2D eigenvalue weighted by Gasteiger charge is 2.60. The maximum atomic E-state index is 13.2. The van der Waals surface area contributed by atoms with Crippen LogP contribution in [0.25, 0.3) is 0 Å². The van der Waals surface area contributed by atoms with Crippen molar-refractivity contribution in [2.24, 2.45) is 17.6 Å². The Morgan fingerprint density at radius 1 is 1.27 bits per heavy atom. The van der Waals surface area contributed by atoms with E-state index in [9.17, 15) is 24.3 Å². The summed E-state index contributed by atoms with van der Waals surface area (Å²) in [6.45, 7) is 6.56. The summed E-state index contributed by atoms with van der Waals surface area (Å²) in [5.41, 5.74) is 6.01. The van der Waals surface area contributed by atoms with Gasteiger partial charge >= 0.3 is 5.97 Å². The van der Waals surface area contributed by atoms with Crippen molar-refractivity contribution < 1.29 is 24.3 Å².